The van der Waals surface area contributed by atoms with E-state index in [1.807, 2.05) is 60.7 Å². The summed E-state index contributed by atoms with van der Waals surface area (Å²) in [5.41, 5.74) is 3.64. The molecule has 2 heterocycles. The van der Waals surface area contributed by atoms with Gasteiger partial charge in [0.2, 0.25) is 0 Å². The van der Waals surface area contributed by atoms with E-state index in [4.69, 9.17) is 16.6 Å². The third-order valence-corrected chi connectivity index (χ3v) is 4.59. The maximum Gasteiger partial charge on any atom is 0.187 e. The van der Waals surface area contributed by atoms with Gasteiger partial charge in [0.15, 0.2) is 5.82 Å². The number of hydrogen-bond acceptors (Lipinski definition) is 4. The van der Waals surface area contributed by atoms with Crippen molar-refractivity contribution in [2.75, 3.05) is 0 Å². The first-order valence-corrected chi connectivity index (χ1v) is 8.51. The average molecular weight is 358 g/mol. The van der Waals surface area contributed by atoms with Gasteiger partial charge in [-0.2, -0.15) is 4.68 Å². The maximum absolute atomic E-state index is 6.00. The second-order valence-electron chi connectivity index (χ2n) is 5.95. The van der Waals surface area contributed by atoms with Gasteiger partial charge in [-0.1, -0.05) is 35.9 Å². The third-order valence-electron chi connectivity index (χ3n) is 4.34. The molecule has 0 aliphatic carbocycles. The molecule has 5 rings (SSSR count). The molecule has 5 aromatic rings. The lowest BCUT2D eigenvalue weighted by molar-refractivity contribution is 0.795. The van der Waals surface area contributed by atoms with Crippen LogP contribution in [0.25, 0.3) is 38.9 Å². The van der Waals surface area contributed by atoms with Crippen LogP contribution in [0.4, 0.5) is 0 Å². The monoisotopic (exact) mass is 357 g/mol. The summed E-state index contributed by atoms with van der Waals surface area (Å²) in [6.07, 6.45) is 0. The molecule has 5 nitrogen and oxygen atoms in total. The minimum Gasteiger partial charge on any atom is -0.248 e. The lowest BCUT2D eigenvalue weighted by Gasteiger charge is -2.09. The number of aromatic nitrogens is 5. The van der Waals surface area contributed by atoms with E-state index in [1.54, 1.807) is 4.68 Å². The molecule has 0 amide bonds. The van der Waals surface area contributed by atoms with Gasteiger partial charge in [-0.3, -0.25) is 0 Å². The van der Waals surface area contributed by atoms with Crippen LogP contribution >= 0.6 is 11.6 Å². The molecule has 0 aliphatic rings. The van der Waals surface area contributed by atoms with Crippen LogP contribution in [0.3, 0.4) is 0 Å². The molecule has 26 heavy (non-hydrogen) atoms. The van der Waals surface area contributed by atoms with Crippen molar-refractivity contribution in [2.24, 2.45) is 0 Å². The second kappa shape index (κ2) is 5.89. The predicted molar refractivity (Wildman–Crippen MR) is 102 cm³/mol. The SMILES string of the molecule is Clc1ccc(-c2nnnn2-c2cccc3nc4ccccc4cc23)cc1. The Kier molecular flexibility index (Phi) is 3.40. The van der Waals surface area contributed by atoms with Gasteiger partial charge in [-0.05, 0) is 59.0 Å². The Hall–Kier alpha value is -3.31. The van der Waals surface area contributed by atoms with Crippen molar-refractivity contribution >= 4 is 33.4 Å². The van der Waals surface area contributed by atoms with Crippen molar-refractivity contribution in [2.45, 2.75) is 0 Å². The first kappa shape index (κ1) is 15.0. The quantitative estimate of drug-likeness (QED) is 0.430. The fraction of sp³-hybridized carbons (Fsp3) is 0. The number of rotatable bonds is 2. The first-order chi connectivity index (χ1) is 12.8. The van der Waals surface area contributed by atoms with Gasteiger partial charge in [0.05, 0.1) is 16.7 Å². The topological polar surface area (TPSA) is 56.5 Å². The molecule has 3 aromatic carbocycles. The average Bonchev–Trinajstić information content (AvgIpc) is 3.16. The number of nitrogens with zero attached hydrogens (tertiary/aromatic N) is 5. The molecular formula is C20H12ClN5. The molecule has 0 saturated carbocycles. The normalized spacial score (nSPS) is 11.3. The highest BCUT2D eigenvalue weighted by Crippen LogP contribution is 2.28. The fourth-order valence-electron chi connectivity index (χ4n) is 3.10. The largest absolute Gasteiger partial charge is 0.248 e. The number of halogens is 1. The van der Waals surface area contributed by atoms with E-state index >= 15 is 0 Å². The van der Waals surface area contributed by atoms with Crippen LogP contribution in [-0.4, -0.2) is 25.2 Å². The molecule has 0 unspecified atom stereocenters. The Bertz CT molecular complexity index is 1240. The molecule has 124 valence electrons. The lowest BCUT2D eigenvalue weighted by Crippen LogP contribution is -2.01. The predicted octanol–water partition coefficient (Wildman–Crippen LogP) is 4.68. The van der Waals surface area contributed by atoms with Crippen molar-refractivity contribution in [3.63, 3.8) is 0 Å². The number of hydrogen-bond donors (Lipinski definition) is 0. The summed E-state index contributed by atoms with van der Waals surface area (Å²) in [5, 5.41) is 15.0. The third kappa shape index (κ3) is 2.41. The van der Waals surface area contributed by atoms with Crippen LogP contribution in [0.1, 0.15) is 0 Å². The molecular weight excluding hydrogens is 346 g/mol. The van der Waals surface area contributed by atoms with E-state index in [1.165, 1.54) is 0 Å². The van der Waals surface area contributed by atoms with Gasteiger partial charge >= 0.3 is 0 Å². The highest BCUT2D eigenvalue weighted by molar-refractivity contribution is 6.30. The van der Waals surface area contributed by atoms with Crippen LogP contribution in [0, 0.1) is 0 Å². The van der Waals surface area contributed by atoms with Crippen LogP contribution in [-0.2, 0) is 0 Å². The molecule has 0 saturated heterocycles. The number of fused-ring (bicyclic) bond motifs is 2. The smallest absolute Gasteiger partial charge is 0.187 e. The Balaban J connectivity index is 1.76. The van der Waals surface area contributed by atoms with Gasteiger partial charge in [-0.15, -0.1) is 5.10 Å². The summed E-state index contributed by atoms with van der Waals surface area (Å²) in [7, 11) is 0. The van der Waals surface area contributed by atoms with Crippen molar-refractivity contribution in [3.8, 4) is 17.1 Å². The molecule has 6 heteroatoms. The molecule has 0 N–H and O–H groups in total. The van der Waals surface area contributed by atoms with E-state index in [-0.39, 0.29) is 0 Å². The van der Waals surface area contributed by atoms with Gasteiger partial charge in [-0.25, -0.2) is 4.98 Å². The maximum atomic E-state index is 6.00. The van der Waals surface area contributed by atoms with Gasteiger partial charge in [0.25, 0.3) is 0 Å². The Morgan fingerprint density at radius 3 is 2.50 bits per heavy atom. The summed E-state index contributed by atoms with van der Waals surface area (Å²) >= 11 is 6.00. The summed E-state index contributed by atoms with van der Waals surface area (Å²) in [5.74, 6) is 0.655. The van der Waals surface area contributed by atoms with E-state index in [2.05, 4.69) is 27.7 Å². The van der Waals surface area contributed by atoms with Crippen molar-refractivity contribution < 1.29 is 0 Å². The summed E-state index contributed by atoms with van der Waals surface area (Å²) in [4.78, 5) is 4.76. The summed E-state index contributed by atoms with van der Waals surface area (Å²) in [6.45, 7) is 0. The Morgan fingerprint density at radius 2 is 1.62 bits per heavy atom. The van der Waals surface area contributed by atoms with Crippen LogP contribution in [0.2, 0.25) is 5.02 Å². The number of pyridine rings is 1. The molecule has 0 atom stereocenters. The zero-order valence-corrected chi connectivity index (χ0v) is 14.3. The Labute approximate surface area is 153 Å². The van der Waals surface area contributed by atoms with Crippen molar-refractivity contribution in [1.29, 1.82) is 0 Å². The molecule has 0 bridgehead atoms. The molecule has 2 aromatic heterocycles. The molecule has 0 spiro atoms. The van der Waals surface area contributed by atoms with Crippen molar-refractivity contribution in [1.82, 2.24) is 25.2 Å². The number of para-hydroxylation sites is 1. The van der Waals surface area contributed by atoms with Gasteiger partial charge in [0, 0.05) is 21.4 Å². The minimum absolute atomic E-state index is 0.655. The van der Waals surface area contributed by atoms with E-state index in [9.17, 15) is 0 Å². The van der Waals surface area contributed by atoms with Crippen molar-refractivity contribution in [3.05, 3.63) is 77.8 Å². The van der Waals surface area contributed by atoms with Gasteiger partial charge in [0.1, 0.15) is 0 Å². The highest BCUT2D eigenvalue weighted by Gasteiger charge is 2.14. The fourth-order valence-corrected chi connectivity index (χ4v) is 3.22. The highest BCUT2D eigenvalue weighted by atomic mass is 35.5. The van der Waals surface area contributed by atoms with Crippen LogP contribution < -0.4 is 0 Å². The standard InChI is InChI=1S/C20H12ClN5/c21-15-10-8-13(9-11-15)20-23-24-25-26(20)19-7-3-6-18-16(19)12-14-4-1-2-5-17(14)22-18/h1-12H. The second-order valence-corrected chi connectivity index (χ2v) is 6.38. The number of benzene rings is 3. The minimum atomic E-state index is 0.655. The Morgan fingerprint density at radius 1 is 0.808 bits per heavy atom. The molecule has 0 fully saturated rings. The molecule has 0 aliphatic heterocycles. The van der Waals surface area contributed by atoms with E-state index < -0.39 is 0 Å². The zero-order valence-electron chi connectivity index (χ0n) is 13.5. The summed E-state index contributed by atoms with van der Waals surface area (Å²) in [6, 6.07) is 23.6. The molecule has 0 radical (unpaired) electrons. The first-order valence-electron chi connectivity index (χ1n) is 8.13. The van der Waals surface area contributed by atoms with E-state index in [0.29, 0.717) is 10.8 Å². The van der Waals surface area contributed by atoms with Gasteiger partial charge < -0.3 is 0 Å². The number of tetrazole rings is 1. The van der Waals surface area contributed by atoms with Crippen LogP contribution in [0.5, 0.6) is 0 Å². The lowest BCUT2D eigenvalue weighted by atomic mass is 10.1. The van der Waals surface area contributed by atoms with E-state index in [0.717, 1.165) is 33.1 Å². The zero-order chi connectivity index (χ0) is 17.5. The summed E-state index contributed by atoms with van der Waals surface area (Å²) < 4.78 is 1.74. The van der Waals surface area contributed by atoms with Crippen LogP contribution in [0.15, 0.2) is 72.8 Å².